The highest BCUT2D eigenvalue weighted by Gasteiger charge is 2.39. The van der Waals surface area contributed by atoms with Crippen LogP contribution in [0, 0.1) is 5.41 Å². The Kier molecular flexibility index (Phi) is 6.02. The molecular weight excluding hydrogens is 386 g/mol. The Balaban J connectivity index is 1.70. The van der Waals surface area contributed by atoms with Gasteiger partial charge in [0.25, 0.3) is 0 Å². The fourth-order valence-corrected chi connectivity index (χ4v) is 4.36. The van der Waals surface area contributed by atoms with Crippen molar-refractivity contribution in [3.63, 3.8) is 0 Å². The minimum Gasteiger partial charge on any atom is -0.493 e. The first kappa shape index (κ1) is 19.2. The van der Waals surface area contributed by atoms with Crippen LogP contribution in [-0.4, -0.2) is 38.7 Å². The third-order valence-corrected chi connectivity index (χ3v) is 5.91. The van der Waals surface area contributed by atoms with Crippen molar-refractivity contribution in [3.05, 3.63) is 44.7 Å². The number of aromatic nitrogens is 2. The molecule has 1 saturated heterocycles. The van der Waals surface area contributed by atoms with E-state index in [1.807, 2.05) is 6.92 Å². The summed E-state index contributed by atoms with van der Waals surface area (Å²) < 4.78 is 5.35. The number of nitrogens with one attached hydrogen (secondary N) is 1. The van der Waals surface area contributed by atoms with Crippen LogP contribution in [0.2, 0.25) is 0 Å². The van der Waals surface area contributed by atoms with Gasteiger partial charge in [-0.1, -0.05) is 30.8 Å². The molecule has 0 aliphatic carbocycles. The Morgan fingerprint density at radius 3 is 2.70 bits per heavy atom. The van der Waals surface area contributed by atoms with Gasteiger partial charge in [-0.3, -0.25) is 15.0 Å². The number of hydrogen-bond acceptors (Lipinski definition) is 8. The van der Waals surface area contributed by atoms with Crippen LogP contribution in [0.3, 0.4) is 0 Å². The van der Waals surface area contributed by atoms with Crippen molar-refractivity contribution in [2.45, 2.75) is 25.7 Å². The Hall–Kier alpha value is -2.52. The lowest BCUT2D eigenvalue weighted by Crippen LogP contribution is -2.11. The van der Waals surface area contributed by atoms with E-state index in [1.54, 1.807) is 30.3 Å². The molecule has 2 N–H and O–H groups in total. The number of carbonyl (C=O) groups is 2. The lowest BCUT2D eigenvalue weighted by molar-refractivity contribution is -0.137. The largest absolute Gasteiger partial charge is 0.493 e. The summed E-state index contributed by atoms with van der Waals surface area (Å²) in [4.78, 5) is 23.7. The summed E-state index contributed by atoms with van der Waals surface area (Å²) in [5.74, 6) is -1.13. The summed E-state index contributed by atoms with van der Waals surface area (Å²) in [5, 5.41) is 26.6. The number of aliphatic carboxylic acids is 1. The van der Waals surface area contributed by atoms with E-state index in [9.17, 15) is 9.59 Å². The van der Waals surface area contributed by atoms with Gasteiger partial charge in [0.05, 0.1) is 23.0 Å². The summed E-state index contributed by atoms with van der Waals surface area (Å²) in [7, 11) is 0. The summed E-state index contributed by atoms with van der Waals surface area (Å²) in [5.41, 5.74) is 0.802. The monoisotopic (exact) mass is 403 g/mol. The van der Waals surface area contributed by atoms with Gasteiger partial charge in [0, 0.05) is 0 Å². The number of carbonyl (C=O) groups excluding carboxylic acids is 1. The number of aryl methyl sites for hydroxylation is 1. The molecule has 7 nitrogen and oxygen atoms in total. The van der Waals surface area contributed by atoms with Crippen molar-refractivity contribution < 1.29 is 19.4 Å². The van der Waals surface area contributed by atoms with E-state index in [0.717, 1.165) is 28.8 Å². The highest BCUT2D eigenvalue weighted by Crippen LogP contribution is 2.41. The van der Waals surface area contributed by atoms with Crippen molar-refractivity contribution in [2.24, 2.45) is 0 Å². The zero-order valence-corrected chi connectivity index (χ0v) is 16.1. The second-order valence-electron chi connectivity index (χ2n) is 5.72. The SMILES string of the molecule is CCc1nnc(C2C(=N)SC(=Cc3ccc(OCCC(=O)O)cc3)C2=O)s1. The highest BCUT2D eigenvalue weighted by atomic mass is 32.2. The van der Waals surface area contributed by atoms with Crippen LogP contribution in [-0.2, 0) is 16.0 Å². The molecule has 9 heteroatoms. The molecule has 3 rings (SSSR count). The first-order valence-electron chi connectivity index (χ1n) is 8.27. The van der Waals surface area contributed by atoms with E-state index in [0.29, 0.717) is 15.7 Å². The first-order valence-corrected chi connectivity index (χ1v) is 9.90. The number of Topliss-reactive ketones (excluding diaryl/α,β-unsaturated/α-hetero) is 1. The number of benzene rings is 1. The van der Waals surface area contributed by atoms with E-state index < -0.39 is 11.9 Å². The molecule has 1 aromatic heterocycles. The zero-order valence-electron chi connectivity index (χ0n) is 14.5. The normalized spacial score (nSPS) is 18.3. The Morgan fingerprint density at radius 2 is 2.07 bits per heavy atom. The van der Waals surface area contributed by atoms with Crippen LogP contribution >= 0.6 is 23.1 Å². The van der Waals surface area contributed by atoms with E-state index in [4.69, 9.17) is 15.3 Å². The molecule has 1 fully saturated rings. The summed E-state index contributed by atoms with van der Waals surface area (Å²) >= 11 is 2.52. The van der Waals surface area contributed by atoms with Crippen molar-refractivity contribution in [1.29, 1.82) is 5.41 Å². The number of ether oxygens (including phenoxy) is 1. The zero-order chi connectivity index (χ0) is 19.4. The number of nitrogens with zero attached hydrogens (tertiary/aromatic N) is 2. The first-order chi connectivity index (χ1) is 13.0. The second kappa shape index (κ2) is 8.45. The third kappa shape index (κ3) is 4.61. The van der Waals surface area contributed by atoms with Crippen LogP contribution in [0.1, 0.15) is 34.8 Å². The van der Waals surface area contributed by atoms with Crippen molar-refractivity contribution in [1.82, 2.24) is 10.2 Å². The average Bonchev–Trinajstić information content (AvgIpc) is 3.20. The van der Waals surface area contributed by atoms with Crippen molar-refractivity contribution in [3.8, 4) is 5.75 Å². The van der Waals surface area contributed by atoms with E-state index in [2.05, 4.69) is 10.2 Å². The molecule has 0 amide bonds. The number of thioether (sulfide) groups is 1. The maximum absolute atomic E-state index is 12.7. The molecule has 2 heterocycles. The molecule has 0 radical (unpaired) electrons. The van der Waals surface area contributed by atoms with Crippen LogP contribution in [0.5, 0.6) is 5.75 Å². The lowest BCUT2D eigenvalue weighted by Gasteiger charge is -2.04. The summed E-state index contributed by atoms with van der Waals surface area (Å²) in [6.45, 7) is 2.08. The van der Waals surface area contributed by atoms with Crippen LogP contribution < -0.4 is 4.74 Å². The molecule has 27 heavy (non-hydrogen) atoms. The maximum Gasteiger partial charge on any atom is 0.306 e. The van der Waals surface area contributed by atoms with E-state index in [1.165, 1.54) is 11.3 Å². The number of rotatable bonds is 7. The fraction of sp³-hybridized carbons (Fsp3) is 0.278. The number of allylic oxidation sites excluding steroid dienone is 1. The van der Waals surface area contributed by atoms with E-state index in [-0.39, 0.29) is 23.9 Å². The van der Waals surface area contributed by atoms with Crippen LogP contribution in [0.25, 0.3) is 6.08 Å². The molecule has 1 unspecified atom stereocenters. The Labute approximate surface area is 164 Å². The van der Waals surface area contributed by atoms with Crippen LogP contribution in [0.15, 0.2) is 29.2 Å². The van der Waals surface area contributed by atoms with Gasteiger partial charge in [-0.25, -0.2) is 0 Å². The molecular formula is C18H17N3O4S2. The topological polar surface area (TPSA) is 113 Å². The molecule has 140 valence electrons. The van der Waals surface area contributed by atoms with Gasteiger partial charge < -0.3 is 9.84 Å². The Bertz CT molecular complexity index is 906. The Morgan fingerprint density at radius 1 is 1.33 bits per heavy atom. The predicted octanol–water partition coefficient (Wildman–Crippen LogP) is 3.37. The van der Waals surface area contributed by atoms with Gasteiger partial charge >= 0.3 is 5.97 Å². The highest BCUT2D eigenvalue weighted by molar-refractivity contribution is 8.19. The molecule has 0 spiro atoms. The predicted molar refractivity (Wildman–Crippen MR) is 105 cm³/mol. The lowest BCUT2D eigenvalue weighted by atomic mass is 10.1. The van der Waals surface area contributed by atoms with Gasteiger partial charge in [0.2, 0.25) is 0 Å². The summed E-state index contributed by atoms with van der Waals surface area (Å²) in [6, 6.07) is 7.01. The molecule has 1 atom stereocenters. The number of hydrogen-bond donors (Lipinski definition) is 2. The third-order valence-electron chi connectivity index (χ3n) is 3.78. The fourth-order valence-electron chi connectivity index (χ4n) is 2.41. The van der Waals surface area contributed by atoms with Crippen LogP contribution in [0.4, 0.5) is 0 Å². The molecule has 0 bridgehead atoms. The molecule has 2 aromatic rings. The number of carboxylic acids is 1. The molecule has 1 aromatic carbocycles. The minimum absolute atomic E-state index is 0.0637. The molecule has 1 aliphatic heterocycles. The smallest absolute Gasteiger partial charge is 0.306 e. The number of carboxylic acid groups (broad SMARTS) is 1. The van der Waals surface area contributed by atoms with Gasteiger partial charge in [-0.15, -0.1) is 21.5 Å². The molecule has 1 aliphatic rings. The van der Waals surface area contributed by atoms with Gasteiger partial charge in [0.15, 0.2) is 5.78 Å². The van der Waals surface area contributed by atoms with E-state index >= 15 is 0 Å². The minimum atomic E-state index is -0.911. The maximum atomic E-state index is 12.7. The average molecular weight is 403 g/mol. The quantitative estimate of drug-likeness (QED) is 0.681. The van der Waals surface area contributed by atoms with Gasteiger partial charge in [0.1, 0.15) is 21.7 Å². The van der Waals surface area contributed by atoms with Crippen molar-refractivity contribution in [2.75, 3.05) is 6.61 Å². The van der Waals surface area contributed by atoms with Crippen molar-refractivity contribution >= 4 is 46.0 Å². The second-order valence-corrected chi connectivity index (χ2v) is 7.90. The summed E-state index contributed by atoms with van der Waals surface area (Å²) in [6.07, 6.45) is 2.43. The molecule has 0 saturated carbocycles. The standard InChI is InChI=1S/C18H17N3O4S2/c1-2-13-20-21-18(27-13)15-16(24)12(26-17(15)19)9-10-3-5-11(6-4-10)25-8-7-14(22)23/h3-6,9,15,19H,2,7-8H2,1H3,(H,22,23). The van der Waals surface area contributed by atoms with Gasteiger partial charge in [-0.05, 0) is 30.2 Å². The van der Waals surface area contributed by atoms with Gasteiger partial charge in [-0.2, -0.15) is 0 Å². The number of ketones is 1.